The van der Waals surface area contributed by atoms with E-state index in [-0.39, 0.29) is 6.42 Å². The Morgan fingerprint density at radius 1 is 0.714 bits per heavy atom. The molecule has 0 aliphatic rings. The number of hydrogen-bond donors (Lipinski definition) is 3. The fraction of sp³-hybridized carbons (Fsp3) is 0.206. The zero-order chi connectivity index (χ0) is 30.0. The third-order valence-corrected chi connectivity index (χ3v) is 7.16. The second-order valence-electron chi connectivity index (χ2n) is 9.74. The summed E-state index contributed by atoms with van der Waals surface area (Å²) in [5.41, 5.74) is 1.93. The molecule has 216 valence electrons. The second-order valence-corrected chi connectivity index (χ2v) is 9.74. The highest BCUT2D eigenvalue weighted by Gasteiger charge is 2.45. The van der Waals surface area contributed by atoms with Gasteiger partial charge in [-0.1, -0.05) is 121 Å². The molecule has 0 saturated carbocycles. The van der Waals surface area contributed by atoms with Gasteiger partial charge in [-0.3, -0.25) is 10.1 Å². The van der Waals surface area contributed by atoms with Crippen molar-refractivity contribution in [3.05, 3.63) is 144 Å². The van der Waals surface area contributed by atoms with E-state index in [2.05, 4.69) is 10.6 Å². The molecule has 0 heterocycles. The van der Waals surface area contributed by atoms with Crippen LogP contribution < -0.4 is 10.6 Å². The first-order valence-electron chi connectivity index (χ1n) is 13.5. The fourth-order valence-electron chi connectivity index (χ4n) is 5.15. The van der Waals surface area contributed by atoms with E-state index in [1.54, 1.807) is 0 Å². The SMILES string of the molecule is COC(=O)[C@H](Cc1ccccc1)NC(=O)[C@@H](NC(c1ccccc1)(c1ccccc1)c1ccccc1)C(OC)C(=O)O. The van der Waals surface area contributed by atoms with Crippen molar-refractivity contribution < 1.29 is 29.0 Å². The summed E-state index contributed by atoms with van der Waals surface area (Å²) >= 11 is 0. The first-order chi connectivity index (χ1) is 20.4. The van der Waals surface area contributed by atoms with Gasteiger partial charge >= 0.3 is 11.9 Å². The summed E-state index contributed by atoms with van der Waals surface area (Å²) in [6, 6.07) is 35.1. The van der Waals surface area contributed by atoms with Crippen LogP contribution in [0.15, 0.2) is 121 Å². The number of carboxylic acids is 1. The molecule has 0 fully saturated rings. The number of hydrogen-bond acceptors (Lipinski definition) is 6. The second kappa shape index (κ2) is 14.2. The van der Waals surface area contributed by atoms with Gasteiger partial charge < -0.3 is 19.9 Å². The molecule has 4 aromatic rings. The summed E-state index contributed by atoms with van der Waals surface area (Å²) < 4.78 is 10.4. The monoisotopic (exact) mass is 566 g/mol. The number of amides is 1. The van der Waals surface area contributed by atoms with Crippen LogP contribution in [0.4, 0.5) is 0 Å². The van der Waals surface area contributed by atoms with E-state index in [1.807, 2.05) is 121 Å². The number of carboxylic acid groups (broad SMARTS) is 1. The lowest BCUT2D eigenvalue weighted by atomic mass is 9.76. The Balaban J connectivity index is 1.85. The molecule has 8 heteroatoms. The Morgan fingerprint density at radius 2 is 1.14 bits per heavy atom. The molecule has 0 spiro atoms. The summed E-state index contributed by atoms with van der Waals surface area (Å²) in [5.74, 6) is -2.73. The predicted molar refractivity (Wildman–Crippen MR) is 159 cm³/mol. The van der Waals surface area contributed by atoms with Crippen molar-refractivity contribution >= 4 is 17.8 Å². The maximum Gasteiger partial charge on any atom is 0.335 e. The Morgan fingerprint density at radius 3 is 1.52 bits per heavy atom. The van der Waals surface area contributed by atoms with Gasteiger partial charge in [0.05, 0.1) is 12.6 Å². The van der Waals surface area contributed by atoms with Crippen LogP contribution in [0.5, 0.6) is 0 Å². The van der Waals surface area contributed by atoms with Crippen LogP contribution in [0.2, 0.25) is 0 Å². The van der Waals surface area contributed by atoms with Crippen molar-refractivity contribution in [3.63, 3.8) is 0 Å². The molecular weight excluding hydrogens is 532 g/mol. The van der Waals surface area contributed by atoms with E-state index in [0.717, 1.165) is 22.3 Å². The van der Waals surface area contributed by atoms with Gasteiger partial charge in [0.2, 0.25) is 5.91 Å². The highest BCUT2D eigenvalue weighted by molar-refractivity contribution is 5.92. The lowest BCUT2D eigenvalue weighted by molar-refractivity contribution is -0.154. The molecule has 0 bridgehead atoms. The van der Waals surface area contributed by atoms with E-state index in [9.17, 15) is 19.5 Å². The molecular formula is C34H34N2O6. The largest absolute Gasteiger partial charge is 0.479 e. The van der Waals surface area contributed by atoms with Crippen LogP contribution in [0, 0.1) is 0 Å². The predicted octanol–water partition coefficient (Wildman–Crippen LogP) is 3.94. The van der Waals surface area contributed by atoms with E-state index in [4.69, 9.17) is 9.47 Å². The molecule has 0 saturated heterocycles. The molecule has 0 radical (unpaired) electrons. The number of benzene rings is 4. The lowest BCUT2D eigenvalue weighted by Crippen LogP contribution is -2.63. The number of aliphatic carboxylic acids is 1. The van der Waals surface area contributed by atoms with Crippen molar-refractivity contribution in [1.29, 1.82) is 0 Å². The minimum atomic E-state index is -1.60. The van der Waals surface area contributed by atoms with E-state index in [0.29, 0.717) is 0 Å². The summed E-state index contributed by atoms with van der Waals surface area (Å²) in [5, 5.41) is 16.3. The van der Waals surface area contributed by atoms with E-state index < -0.39 is 41.6 Å². The molecule has 0 aliphatic carbocycles. The van der Waals surface area contributed by atoms with Crippen molar-refractivity contribution in [1.82, 2.24) is 10.6 Å². The summed E-state index contributed by atoms with van der Waals surface area (Å²) in [6.07, 6.45) is -1.45. The van der Waals surface area contributed by atoms with Gasteiger partial charge in [0.25, 0.3) is 0 Å². The Kier molecular flexibility index (Phi) is 10.2. The highest BCUT2D eigenvalue weighted by atomic mass is 16.5. The van der Waals surface area contributed by atoms with Gasteiger partial charge in [-0.25, -0.2) is 9.59 Å². The maximum atomic E-state index is 14.1. The van der Waals surface area contributed by atoms with Crippen LogP contribution >= 0.6 is 0 Å². The zero-order valence-corrected chi connectivity index (χ0v) is 23.5. The van der Waals surface area contributed by atoms with E-state index in [1.165, 1.54) is 14.2 Å². The van der Waals surface area contributed by atoms with Gasteiger partial charge in [0, 0.05) is 13.5 Å². The fourth-order valence-corrected chi connectivity index (χ4v) is 5.15. The maximum absolute atomic E-state index is 14.1. The average Bonchev–Trinajstić information content (AvgIpc) is 3.04. The first-order valence-corrected chi connectivity index (χ1v) is 13.5. The van der Waals surface area contributed by atoms with Gasteiger partial charge in [-0.15, -0.1) is 0 Å². The van der Waals surface area contributed by atoms with Crippen LogP contribution in [-0.4, -0.2) is 55.4 Å². The third kappa shape index (κ3) is 6.74. The van der Waals surface area contributed by atoms with Crippen molar-refractivity contribution in [3.8, 4) is 0 Å². The van der Waals surface area contributed by atoms with Gasteiger partial charge in [-0.05, 0) is 22.3 Å². The van der Waals surface area contributed by atoms with Crippen LogP contribution in [0.25, 0.3) is 0 Å². The number of carbonyl (C=O) groups excluding carboxylic acids is 2. The van der Waals surface area contributed by atoms with Crippen molar-refractivity contribution in [2.24, 2.45) is 0 Å². The molecule has 0 aliphatic heterocycles. The zero-order valence-electron chi connectivity index (χ0n) is 23.5. The molecule has 42 heavy (non-hydrogen) atoms. The molecule has 8 nitrogen and oxygen atoms in total. The minimum absolute atomic E-state index is 0.151. The lowest BCUT2D eigenvalue weighted by Gasteiger charge is -2.41. The number of esters is 1. The number of carbonyl (C=O) groups is 3. The first kappa shape index (κ1) is 30.2. The standard InChI is InChI=1S/C34H34N2O6/c1-41-30(32(38)39)29(31(37)35-28(33(40)42-2)23-24-15-7-3-8-16-24)36-34(25-17-9-4-10-18-25,26-19-11-5-12-20-26)27-21-13-6-14-22-27/h3-22,28-30,36H,23H2,1-2H3,(H,35,37)(H,38,39)/t28-,29-,30?/m0/s1. The summed E-state index contributed by atoms with van der Waals surface area (Å²) in [6.45, 7) is 0. The van der Waals surface area contributed by atoms with Crippen LogP contribution in [-0.2, 0) is 35.8 Å². The quantitative estimate of drug-likeness (QED) is 0.166. The number of nitrogens with one attached hydrogen (secondary N) is 2. The molecule has 4 rings (SSSR count). The number of rotatable bonds is 13. The molecule has 1 amide bonds. The van der Waals surface area contributed by atoms with Crippen molar-refractivity contribution in [2.45, 2.75) is 30.1 Å². The average molecular weight is 567 g/mol. The Bertz CT molecular complexity index is 1350. The molecule has 0 aromatic heterocycles. The number of methoxy groups -OCH3 is 2. The number of ether oxygens (including phenoxy) is 2. The minimum Gasteiger partial charge on any atom is -0.479 e. The van der Waals surface area contributed by atoms with Gasteiger partial charge in [-0.2, -0.15) is 0 Å². The summed E-state index contributed by atoms with van der Waals surface area (Å²) in [4.78, 5) is 39.4. The van der Waals surface area contributed by atoms with Crippen LogP contribution in [0.1, 0.15) is 22.3 Å². The molecule has 3 atom stereocenters. The Labute approximate surface area is 245 Å². The normalized spacial score (nSPS) is 13.4. The topological polar surface area (TPSA) is 114 Å². The highest BCUT2D eigenvalue weighted by Crippen LogP contribution is 2.37. The van der Waals surface area contributed by atoms with Gasteiger partial charge in [0.15, 0.2) is 6.10 Å². The molecule has 4 aromatic carbocycles. The Hall–Kier alpha value is -4.79. The summed E-state index contributed by atoms with van der Waals surface area (Å²) in [7, 11) is 2.47. The molecule has 3 N–H and O–H groups in total. The van der Waals surface area contributed by atoms with E-state index >= 15 is 0 Å². The van der Waals surface area contributed by atoms with Gasteiger partial charge in [0.1, 0.15) is 12.1 Å². The third-order valence-electron chi connectivity index (χ3n) is 7.16. The van der Waals surface area contributed by atoms with Crippen molar-refractivity contribution in [2.75, 3.05) is 14.2 Å². The van der Waals surface area contributed by atoms with Crippen LogP contribution in [0.3, 0.4) is 0 Å². The smallest absolute Gasteiger partial charge is 0.335 e. The molecule has 1 unspecified atom stereocenters.